The third-order valence-electron chi connectivity index (χ3n) is 3.31. The highest BCUT2D eigenvalue weighted by atomic mass is 32.2. The van der Waals surface area contributed by atoms with Crippen molar-refractivity contribution in [1.29, 1.82) is 0 Å². The summed E-state index contributed by atoms with van der Waals surface area (Å²) in [5, 5.41) is 3.24. The molecule has 1 aliphatic heterocycles. The van der Waals surface area contributed by atoms with Gasteiger partial charge >= 0.3 is 0 Å². The summed E-state index contributed by atoms with van der Waals surface area (Å²) < 4.78 is 26.2. The van der Waals surface area contributed by atoms with E-state index in [2.05, 4.69) is 19.2 Å². The fraction of sp³-hybridized carbons (Fsp3) is 0.571. The summed E-state index contributed by atoms with van der Waals surface area (Å²) in [4.78, 5) is 0. The largest absolute Gasteiger partial charge is 0.314 e. The highest BCUT2D eigenvalue weighted by Gasteiger charge is 2.28. The molecule has 106 valence electrons. The fourth-order valence-electron chi connectivity index (χ4n) is 2.35. The number of nitrogens with zero attached hydrogens (tertiary/aromatic N) is 1. The van der Waals surface area contributed by atoms with Crippen LogP contribution in [0.2, 0.25) is 0 Å². The van der Waals surface area contributed by atoms with E-state index in [0.29, 0.717) is 19.0 Å². The maximum absolute atomic E-state index is 12.3. The van der Waals surface area contributed by atoms with Gasteiger partial charge in [-0.1, -0.05) is 32.0 Å². The molecule has 19 heavy (non-hydrogen) atoms. The lowest BCUT2D eigenvalue weighted by Crippen LogP contribution is -2.33. The molecule has 0 amide bonds. The smallest absolute Gasteiger partial charge is 0.235 e. The van der Waals surface area contributed by atoms with Gasteiger partial charge in [0, 0.05) is 12.6 Å². The van der Waals surface area contributed by atoms with Gasteiger partial charge in [-0.2, -0.15) is 0 Å². The van der Waals surface area contributed by atoms with Crippen molar-refractivity contribution in [3.05, 3.63) is 29.8 Å². The van der Waals surface area contributed by atoms with Gasteiger partial charge in [-0.3, -0.25) is 4.31 Å². The minimum Gasteiger partial charge on any atom is -0.314 e. The second kappa shape index (κ2) is 5.92. The van der Waals surface area contributed by atoms with Gasteiger partial charge in [0.1, 0.15) is 0 Å². The van der Waals surface area contributed by atoms with Gasteiger partial charge < -0.3 is 5.32 Å². The highest BCUT2D eigenvalue weighted by Crippen LogP contribution is 2.30. The van der Waals surface area contributed by atoms with E-state index < -0.39 is 10.0 Å². The summed E-state index contributed by atoms with van der Waals surface area (Å²) in [6.07, 6.45) is 1.47. The van der Waals surface area contributed by atoms with E-state index in [0.717, 1.165) is 24.2 Å². The predicted molar refractivity (Wildman–Crippen MR) is 79.0 cm³/mol. The maximum Gasteiger partial charge on any atom is 0.235 e. The topological polar surface area (TPSA) is 49.4 Å². The average molecular weight is 282 g/mol. The van der Waals surface area contributed by atoms with Crippen LogP contribution in [0.15, 0.2) is 24.3 Å². The zero-order chi connectivity index (χ0) is 13.9. The number of anilines is 1. The summed E-state index contributed by atoms with van der Waals surface area (Å²) in [6, 6.07) is 8.15. The van der Waals surface area contributed by atoms with Gasteiger partial charge in [0.2, 0.25) is 10.0 Å². The third kappa shape index (κ3) is 3.48. The SMILES string of the molecule is CC(C)NCCCS(=O)(=O)N1CCc2ccccc21. The number of benzene rings is 1. The van der Waals surface area contributed by atoms with E-state index in [4.69, 9.17) is 0 Å². The molecule has 0 aromatic heterocycles. The number of fused-ring (bicyclic) bond motifs is 1. The Hall–Kier alpha value is -1.07. The Kier molecular flexibility index (Phi) is 4.47. The first-order chi connectivity index (χ1) is 9.00. The Labute approximate surface area is 115 Å². The lowest BCUT2D eigenvalue weighted by molar-refractivity contribution is 0.567. The van der Waals surface area contributed by atoms with Crippen molar-refractivity contribution >= 4 is 15.7 Å². The van der Waals surface area contributed by atoms with Gasteiger partial charge in [0.15, 0.2) is 0 Å². The molecule has 2 rings (SSSR count). The summed E-state index contributed by atoms with van der Waals surface area (Å²) in [5.74, 6) is 0.209. The molecule has 4 nitrogen and oxygen atoms in total. The van der Waals surface area contributed by atoms with E-state index in [9.17, 15) is 8.42 Å². The van der Waals surface area contributed by atoms with Gasteiger partial charge in [-0.25, -0.2) is 8.42 Å². The average Bonchev–Trinajstić information content (AvgIpc) is 2.79. The van der Waals surface area contributed by atoms with Crippen LogP contribution in [-0.4, -0.2) is 33.3 Å². The number of hydrogen-bond donors (Lipinski definition) is 1. The fourth-order valence-corrected chi connectivity index (χ4v) is 3.93. The van der Waals surface area contributed by atoms with Crippen molar-refractivity contribution in [3.8, 4) is 0 Å². The molecule has 0 aliphatic carbocycles. The minimum atomic E-state index is -3.18. The Morgan fingerprint density at radius 3 is 2.79 bits per heavy atom. The minimum absolute atomic E-state index is 0.209. The molecule has 1 aromatic rings. The summed E-state index contributed by atoms with van der Waals surface area (Å²) in [7, 11) is -3.18. The normalized spacial score (nSPS) is 15.0. The van der Waals surface area contributed by atoms with Crippen molar-refractivity contribution in [2.24, 2.45) is 0 Å². The molecule has 0 radical (unpaired) electrons. The second-order valence-corrected chi connectivity index (χ2v) is 7.24. The zero-order valence-corrected chi connectivity index (χ0v) is 12.4. The van der Waals surface area contributed by atoms with Gasteiger partial charge in [0.05, 0.1) is 11.4 Å². The standard InChI is InChI=1S/C14H22N2O2S/c1-12(2)15-9-5-11-19(17,18)16-10-8-13-6-3-4-7-14(13)16/h3-4,6-7,12,15H,5,8-11H2,1-2H3. The van der Waals surface area contributed by atoms with E-state index in [1.165, 1.54) is 0 Å². The molecular weight excluding hydrogens is 260 g/mol. The molecule has 5 heteroatoms. The molecule has 0 fully saturated rings. The van der Waals surface area contributed by atoms with Crippen LogP contribution in [0.5, 0.6) is 0 Å². The molecule has 0 unspecified atom stereocenters. The second-order valence-electron chi connectivity index (χ2n) is 5.23. The number of hydrogen-bond acceptors (Lipinski definition) is 3. The van der Waals surface area contributed by atoms with Crippen LogP contribution in [0.3, 0.4) is 0 Å². The van der Waals surface area contributed by atoms with E-state index in [1.54, 1.807) is 4.31 Å². The van der Waals surface area contributed by atoms with Crippen molar-refractivity contribution in [2.75, 3.05) is 23.1 Å². The molecular formula is C14H22N2O2S. The maximum atomic E-state index is 12.3. The Bertz CT molecular complexity index is 526. The lowest BCUT2D eigenvalue weighted by Gasteiger charge is -2.19. The molecule has 0 spiro atoms. The van der Waals surface area contributed by atoms with Crippen LogP contribution in [-0.2, 0) is 16.4 Å². The molecule has 0 saturated carbocycles. The van der Waals surface area contributed by atoms with Gasteiger partial charge in [-0.05, 0) is 31.0 Å². The molecule has 1 aliphatic rings. The first-order valence-corrected chi connectivity index (χ1v) is 8.43. The van der Waals surface area contributed by atoms with E-state index in [1.807, 2.05) is 24.3 Å². The van der Waals surface area contributed by atoms with Crippen LogP contribution in [0.1, 0.15) is 25.8 Å². The molecule has 1 N–H and O–H groups in total. The molecule has 0 atom stereocenters. The first-order valence-electron chi connectivity index (χ1n) is 6.82. The molecule has 0 bridgehead atoms. The lowest BCUT2D eigenvalue weighted by atomic mass is 10.2. The van der Waals surface area contributed by atoms with Crippen LogP contribution in [0, 0.1) is 0 Å². The number of para-hydroxylation sites is 1. The summed E-state index contributed by atoms with van der Waals surface area (Å²) in [5.41, 5.74) is 1.99. The van der Waals surface area contributed by atoms with Crippen molar-refractivity contribution < 1.29 is 8.42 Å². The molecule has 0 saturated heterocycles. The van der Waals surface area contributed by atoms with Crippen molar-refractivity contribution in [3.63, 3.8) is 0 Å². The third-order valence-corrected chi connectivity index (χ3v) is 5.17. The predicted octanol–water partition coefficient (Wildman–Crippen LogP) is 1.77. The van der Waals surface area contributed by atoms with Crippen molar-refractivity contribution in [2.45, 2.75) is 32.7 Å². The van der Waals surface area contributed by atoms with E-state index in [-0.39, 0.29) is 5.75 Å². The van der Waals surface area contributed by atoms with Gasteiger partial charge in [0.25, 0.3) is 0 Å². The number of rotatable bonds is 6. The van der Waals surface area contributed by atoms with Crippen LogP contribution >= 0.6 is 0 Å². The summed E-state index contributed by atoms with van der Waals surface area (Å²) >= 11 is 0. The van der Waals surface area contributed by atoms with Crippen LogP contribution < -0.4 is 9.62 Å². The van der Waals surface area contributed by atoms with E-state index >= 15 is 0 Å². The Balaban J connectivity index is 1.98. The monoisotopic (exact) mass is 282 g/mol. The highest BCUT2D eigenvalue weighted by molar-refractivity contribution is 7.92. The summed E-state index contributed by atoms with van der Waals surface area (Å²) in [6.45, 7) is 5.45. The Morgan fingerprint density at radius 1 is 1.32 bits per heavy atom. The van der Waals surface area contributed by atoms with Gasteiger partial charge in [-0.15, -0.1) is 0 Å². The quantitative estimate of drug-likeness (QED) is 0.809. The zero-order valence-electron chi connectivity index (χ0n) is 11.6. The number of nitrogens with one attached hydrogen (secondary N) is 1. The van der Waals surface area contributed by atoms with Crippen molar-refractivity contribution in [1.82, 2.24) is 5.32 Å². The molecule has 1 aromatic carbocycles. The first kappa shape index (κ1) is 14.3. The van der Waals surface area contributed by atoms with Crippen LogP contribution in [0.4, 0.5) is 5.69 Å². The Morgan fingerprint density at radius 2 is 2.05 bits per heavy atom. The molecule has 1 heterocycles. The number of sulfonamides is 1. The van der Waals surface area contributed by atoms with Crippen LogP contribution in [0.25, 0.3) is 0 Å².